The Labute approximate surface area is 533 Å². The van der Waals surface area contributed by atoms with Crippen LogP contribution in [0.3, 0.4) is 0 Å². The number of aliphatic hydroxyl groups excluding tert-OH is 1. The molecule has 3 heterocycles. The number of aromatic nitrogens is 3. The summed E-state index contributed by atoms with van der Waals surface area (Å²) in [5.41, 5.74) is 19.0. The van der Waals surface area contributed by atoms with Crippen molar-refractivity contribution in [1.29, 1.82) is 0 Å². The highest BCUT2D eigenvalue weighted by atomic mass is 32.1. The van der Waals surface area contributed by atoms with E-state index < -0.39 is 152 Å². The topological polar surface area (TPSA) is 532 Å². The molecule has 33 nitrogen and oxygen atoms in total. The van der Waals surface area contributed by atoms with Gasteiger partial charge >= 0.3 is 11.9 Å². The summed E-state index contributed by atoms with van der Waals surface area (Å²) in [5.74, 6) is -12.2. The first-order chi connectivity index (χ1) is 43.8. The Bertz CT molecular complexity index is 3250. The van der Waals surface area contributed by atoms with E-state index in [1.165, 1.54) is 41.7 Å². The molecule has 10 amide bonds. The minimum atomic E-state index is -1.81. The summed E-state index contributed by atoms with van der Waals surface area (Å²) >= 11 is 3.91. The first-order valence-electron chi connectivity index (χ1n) is 29.5. The van der Waals surface area contributed by atoms with Crippen molar-refractivity contribution in [3.05, 3.63) is 84.1 Å². The van der Waals surface area contributed by atoms with Crippen molar-refractivity contribution in [2.24, 2.45) is 28.1 Å². The number of aromatic amines is 2. The Balaban J connectivity index is 1.31. The molecule has 1 saturated heterocycles. The van der Waals surface area contributed by atoms with Gasteiger partial charge < -0.3 is 100 Å². The van der Waals surface area contributed by atoms with Crippen molar-refractivity contribution in [3.63, 3.8) is 0 Å². The van der Waals surface area contributed by atoms with E-state index in [4.69, 9.17) is 22.3 Å². The van der Waals surface area contributed by atoms with Crippen LogP contribution in [0.1, 0.15) is 75.6 Å². The third-order valence-electron chi connectivity index (χ3n) is 14.6. The van der Waals surface area contributed by atoms with E-state index in [1.54, 1.807) is 44.3 Å². The summed E-state index contributed by atoms with van der Waals surface area (Å²) in [6.07, 6.45) is 3.58. The second kappa shape index (κ2) is 36.1. The van der Waals surface area contributed by atoms with Crippen LogP contribution in [-0.4, -0.2) is 210 Å². The van der Waals surface area contributed by atoms with Crippen LogP contribution in [0.5, 0.6) is 5.75 Å². The molecular weight excluding hydrogens is 1220 g/mol. The van der Waals surface area contributed by atoms with Gasteiger partial charge in [0.2, 0.25) is 59.1 Å². The first kappa shape index (κ1) is 72.9. The Morgan fingerprint density at radius 1 is 0.707 bits per heavy atom. The number of aliphatic carboxylic acids is 2. The molecule has 2 aromatic heterocycles. The van der Waals surface area contributed by atoms with E-state index in [2.05, 4.69) is 80.4 Å². The quantitative estimate of drug-likeness (QED) is 0.00876. The number of carbonyl (C=O) groups is 12. The van der Waals surface area contributed by atoms with Gasteiger partial charge in [0.1, 0.15) is 54.1 Å². The Morgan fingerprint density at radius 3 is 1.92 bits per heavy atom. The maximum Gasteiger partial charge on any atom is 0.327 e. The van der Waals surface area contributed by atoms with Crippen LogP contribution in [0, 0.1) is 5.92 Å². The number of H-pyrrole nitrogens is 2. The zero-order chi connectivity index (χ0) is 67.6. The van der Waals surface area contributed by atoms with E-state index in [-0.39, 0.29) is 87.8 Å². The predicted octanol–water partition coefficient (Wildman–Crippen LogP) is -4.46. The van der Waals surface area contributed by atoms with Gasteiger partial charge in [-0.2, -0.15) is 12.6 Å². The second-order valence-electron chi connectivity index (χ2n) is 22.2. The maximum absolute atomic E-state index is 14.5. The minimum Gasteiger partial charge on any atom is -0.508 e. The molecule has 1 aliphatic heterocycles. The van der Waals surface area contributed by atoms with Gasteiger partial charge in [0.05, 0.1) is 32.1 Å². The first-order valence-corrected chi connectivity index (χ1v) is 30.1. The van der Waals surface area contributed by atoms with Gasteiger partial charge in [-0.25, -0.2) is 9.78 Å². The number of aliphatic imine (C=N–C) groups is 1. The monoisotopic (exact) mass is 1300 g/mol. The fraction of sp³-hybridized carbons (Fsp3) is 0.483. The molecule has 0 aliphatic carbocycles. The van der Waals surface area contributed by atoms with E-state index in [1.807, 2.05) is 0 Å². The van der Waals surface area contributed by atoms with Crippen LogP contribution in [0.4, 0.5) is 0 Å². The number of carbonyl (C=O) groups excluding carboxylic acids is 10. The highest BCUT2D eigenvalue weighted by Gasteiger charge is 2.39. The number of benzene rings is 2. The third kappa shape index (κ3) is 23.2. The number of nitrogens with one attached hydrogen (secondary N) is 11. The number of nitrogens with two attached hydrogens (primary N) is 3. The van der Waals surface area contributed by atoms with Gasteiger partial charge in [-0.05, 0) is 73.8 Å². The molecule has 500 valence electrons. The highest BCUT2D eigenvalue weighted by molar-refractivity contribution is 7.80. The van der Waals surface area contributed by atoms with Crippen LogP contribution in [0.2, 0.25) is 0 Å². The molecule has 0 unspecified atom stereocenters. The molecule has 0 saturated carbocycles. The number of para-hydroxylation sites is 1. The number of thiol groups is 1. The van der Waals surface area contributed by atoms with Crippen LogP contribution in [-0.2, 0) is 76.8 Å². The average Bonchev–Trinajstić information content (AvgIpc) is 1.71. The average molecular weight is 1300 g/mol. The highest BCUT2D eigenvalue weighted by Crippen LogP contribution is 2.22. The number of phenolic OH excluding ortho intramolecular Hbond substituents is 1. The van der Waals surface area contributed by atoms with Gasteiger partial charge in [0.25, 0.3) is 0 Å². The molecule has 9 atom stereocenters. The number of carboxylic acids is 2. The molecular formula is C58H81N17O16S. The van der Waals surface area contributed by atoms with Crippen molar-refractivity contribution in [2.45, 2.75) is 132 Å². The number of likely N-dealkylation sites (tertiary alicyclic amines) is 1. The second-order valence-corrected chi connectivity index (χ2v) is 22.6. The Kier molecular flexibility index (Phi) is 28.6. The van der Waals surface area contributed by atoms with E-state index in [9.17, 15) is 72.9 Å². The number of guanidine groups is 1. The van der Waals surface area contributed by atoms with Crippen molar-refractivity contribution in [2.75, 3.05) is 38.5 Å². The molecule has 5 rings (SSSR count). The third-order valence-corrected chi connectivity index (χ3v) is 15.0. The van der Waals surface area contributed by atoms with Crippen LogP contribution >= 0.6 is 12.6 Å². The number of phenols is 1. The van der Waals surface area contributed by atoms with Gasteiger partial charge in [-0.1, -0.05) is 44.2 Å². The lowest BCUT2D eigenvalue weighted by molar-refractivity contribution is -0.142. The van der Waals surface area contributed by atoms with Gasteiger partial charge in [-0.15, -0.1) is 0 Å². The Morgan fingerprint density at radius 2 is 1.30 bits per heavy atom. The number of imidazole rings is 1. The maximum atomic E-state index is 14.5. The van der Waals surface area contributed by atoms with Gasteiger partial charge in [-0.3, -0.25) is 57.7 Å². The molecule has 1 fully saturated rings. The largest absolute Gasteiger partial charge is 0.508 e. The standard InChI is InChI=1S/C58H81N17O16S/c1-30(2)19-39(51(84)70-38(9-5-17-63-58(60)61)56(89)75-18-6-10-45(75)55(88)66-26-47(79)69-44(28-92)57(90)91)68-46(78)25-65-50(83)40(20-31-11-13-34(77)14-12-31)72-54(87)43(27-76)74-52(85)41(21-32-23-64-37-8-4-3-7-35(32)37)73-53(86)42(22-33-24-62-29-67-33)71-49(82)36(59)15-16-48(80)81/h3-4,7-8,11-14,23-24,29-30,36,38-45,64,76-77,92H,5-6,9-10,15-22,25-28,59H2,1-2H3,(H,62,67)(H,65,83)(H,66,88)(H,68,78)(H,69,79)(H,70,84)(H,71,82)(H,72,87)(H,73,86)(H,74,85)(H,80,81)(H,90,91)(H4,60,61,63)/t36-,38-,39-,40-,41-,42-,43-,44-,45-/m0/s1. The molecule has 0 spiro atoms. The molecule has 21 N–H and O–H groups in total. The number of aliphatic hydroxyl groups is 1. The normalized spacial score (nSPS) is 15.4. The van der Waals surface area contributed by atoms with Crippen LogP contribution in [0.25, 0.3) is 10.9 Å². The van der Waals surface area contributed by atoms with E-state index in [0.29, 0.717) is 34.1 Å². The van der Waals surface area contributed by atoms with Crippen molar-refractivity contribution < 1.29 is 78.0 Å². The molecule has 1 aliphatic rings. The fourth-order valence-corrected chi connectivity index (χ4v) is 10.1. The lowest BCUT2D eigenvalue weighted by atomic mass is 10.0. The van der Waals surface area contributed by atoms with Crippen LogP contribution < -0.4 is 65.1 Å². The predicted molar refractivity (Wildman–Crippen MR) is 333 cm³/mol. The van der Waals surface area contributed by atoms with E-state index >= 15 is 0 Å². The number of rotatable bonds is 37. The molecule has 92 heavy (non-hydrogen) atoms. The summed E-state index contributed by atoms with van der Waals surface area (Å²) in [6, 6.07) is -0.128. The zero-order valence-electron chi connectivity index (χ0n) is 50.6. The molecule has 0 radical (unpaired) electrons. The number of aromatic hydroxyl groups is 1. The summed E-state index contributed by atoms with van der Waals surface area (Å²) in [4.78, 5) is 176. The van der Waals surface area contributed by atoms with Crippen LogP contribution in [0.15, 0.2) is 72.2 Å². The summed E-state index contributed by atoms with van der Waals surface area (Å²) in [5, 5.41) is 62.2. The molecule has 0 bridgehead atoms. The summed E-state index contributed by atoms with van der Waals surface area (Å²) in [6.45, 7) is 1.19. The summed E-state index contributed by atoms with van der Waals surface area (Å²) in [7, 11) is 0. The van der Waals surface area contributed by atoms with Crippen molar-refractivity contribution >= 4 is 101 Å². The SMILES string of the molecule is CC(C)C[C@H](NC(=O)CNC(=O)[C@H](Cc1ccc(O)cc1)NC(=O)[C@H](CO)NC(=O)[C@H](Cc1c[nH]c2ccccc12)NC(=O)[C@H](Cc1cnc[nH]1)NC(=O)[C@@H](N)CCC(=O)O)C(=O)N[C@@H](CCCN=C(N)N)C(=O)N1CCC[C@H]1C(=O)NCC(=O)N[C@@H](CS)C(=O)O. The smallest absolute Gasteiger partial charge is 0.327 e. The lowest BCUT2D eigenvalue weighted by Crippen LogP contribution is -2.60. The van der Waals surface area contributed by atoms with Crippen molar-refractivity contribution in [3.8, 4) is 5.75 Å². The Hall–Kier alpha value is -9.83. The lowest BCUT2D eigenvalue weighted by Gasteiger charge is -2.30. The number of nitrogens with zero attached hydrogens (tertiary/aromatic N) is 3. The number of amides is 10. The van der Waals surface area contributed by atoms with Gasteiger partial charge in [0, 0.05) is 73.5 Å². The number of hydrogen-bond donors (Lipinski definition) is 19. The minimum absolute atomic E-state index is 0.0144. The zero-order valence-corrected chi connectivity index (χ0v) is 51.5. The molecule has 2 aromatic carbocycles. The summed E-state index contributed by atoms with van der Waals surface area (Å²) < 4.78 is 0. The fourth-order valence-electron chi connectivity index (χ4n) is 9.82. The van der Waals surface area contributed by atoms with Gasteiger partial charge in [0.15, 0.2) is 5.96 Å². The molecule has 34 heteroatoms. The molecule has 4 aromatic rings. The number of fused-ring (bicyclic) bond motifs is 1. The number of carboxylic acid groups (broad SMARTS) is 2. The van der Waals surface area contributed by atoms with Crippen molar-refractivity contribution in [1.82, 2.24) is 67.7 Å². The number of hydrogen-bond acceptors (Lipinski definition) is 18. The van der Waals surface area contributed by atoms with E-state index in [0.717, 1.165) is 0 Å².